The van der Waals surface area contributed by atoms with Crippen LogP contribution in [-0.2, 0) is 10.1 Å². The number of hydrogen-bond donors (Lipinski definition) is 1. The zero-order valence-corrected chi connectivity index (χ0v) is 22.4. The lowest BCUT2D eigenvalue weighted by Gasteiger charge is -2.14. The Morgan fingerprint density at radius 3 is 2.30 bits per heavy atom. The minimum absolute atomic E-state index is 0.00865. The number of aryl methyl sites for hydroxylation is 1. The van der Waals surface area contributed by atoms with Gasteiger partial charge in [-0.1, -0.05) is 29.3 Å². The molecule has 1 N–H and O–H groups in total. The van der Waals surface area contributed by atoms with Gasteiger partial charge in [0.15, 0.2) is 17.2 Å². The number of benzene rings is 3. The van der Waals surface area contributed by atoms with E-state index in [4.69, 9.17) is 30.0 Å². The number of ether oxygens (including phenoxy) is 3. The minimum Gasteiger partial charge on any atom is -0.493 e. The number of hydrazone groups is 1. The standard InChI is InChI=1S/C26H27ClN2O7S/c1-5-34-22-12-9-19(15-23(22)33-4)26(30)29-28-16-18-13-21(27)25(24(14-18)35-6-2)36-37(31,32)20-10-7-17(3)8-11-20/h7-16H,5-6H2,1-4H3,(H,29,30)/b28-16+. The largest absolute Gasteiger partial charge is 0.493 e. The van der Waals surface area contributed by atoms with Crippen LogP contribution in [0.3, 0.4) is 0 Å². The average Bonchev–Trinajstić information content (AvgIpc) is 2.87. The van der Waals surface area contributed by atoms with Gasteiger partial charge in [-0.2, -0.15) is 13.5 Å². The highest BCUT2D eigenvalue weighted by Crippen LogP contribution is 2.38. The fraction of sp³-hybridized carbons (Fsp3) is 0.231. The van der Waals surface area contributed by atoms with Crippen molar-refractivity contribution < 1.29 is 31.6 Å². The Balaban J connectivity index is 1.79. The molecule has 3 rings (SSSR count). The highest BCUT2D eigenvalue weighted by molar-refractivity contribution is 7.87. The molecule has 0 heterocycles. The van der Waals surface area contributed by atoms with Gasteiger partial charge in [0.25, 0.3) is 5.91 Å². The van der Waals surface area contributed by atoms with E-state index in [0.29, 0.717) is 29.2 Å². The fourth-order valence-corrected chi connectivity index (χ4v) is 4.44. The summed E-state index contributed by atoms with van der Waals surface area (Å²) in [4.78, 5) is 12.5. The minimum atomic E-state index is -4.15. The molecule has 0 saturated carbocycles. The number of hydrogen-bond acceptors (Lipinski definition) is 8. The quantitative estimate of drug-likeness (QED) is 0.205. The predicted molar refractivity (Wildman–Crippen MR) is 141 cm³/mol. The number of methoxy groups -OCH3 is 1. The summed E-state index contributed by atoms with van der Waals surface area (Å²) in [6.07, 6.45) is 1.34. The molecule has 0 radical (unpaired) electrons. The smallest absolute Gasteiger partial charge is 0.339 e. The van der Waals surface area contributed by atoms with E-state index in [1.54, 1.807) is 37.3 Å². The molecule has 0 aliphatic rings. The highest BCUT2D eigenvalue weighted by atomic mass is 35.5. The summed E-state index contributed by atoms with van der Waals surface area (Å²) < 4.78 is 47.1. The van der Waals surface area contributed by atoms with Crippen LogP contribution >= 0.6 is 11.6 Å². The summed E-state index contributed by atoms with van der Waals surface area (Å²) in [5, 5.41) is 3.96. The van der Waals surface area contributed by atoms with Crippen LogP contribution in [0.5, 0.6) is 23.0 Å². The van der Waals surface area contributed by atoms with Crippen LogP contribution in [0.4, 0.5) is 0 Å². The summed E-state index contributed by atoms with van der Waals surface area (Å²) in [5.41, 5.74) is 4.09. The Labute approximate surface area is 221 Å². The van der Waals surface area contributed by atoms with E-state index in [1.807, 2.05) is 13.8 Å². The molecule has 0 bridgehead atoms. The number of halogens is 1. The molecule has 196 valence electrons. The lowest BCUT2D eigenvalue weighted by molar-refractivity contribution is 0.0954. The Hall–Kier alpha value is -3.76. The van der Waals surface area contributed by atoms with E-state index in [9.17, 15) is 13.2 Å². The molecule has 0 spiro atoms. The van der Waals surface area contributed by atoms with Gasteiger partial charge in [-0.15, -0.1) is 0 Å². The Bertz CT molecular complexity index is 1390. The maximum atomic E-state index is 12.8. The Morgan fingerprint density at radius 2 is 1.65 bits per heavy atom. The first-order valence-electron chi connectivity index (χ1n) is 11.3. The lowest BCUT2D eigenvalue weighted by Crippen LogP contribution is -2.17. The third kappa shape index (κ3) is 7.14. The maximum Gasteiger partial charge on any atom is 0.339 e. The Kier molecular flexibility index (Phi) is 9.37. The molecule has 0 saturated heterocycles. The van der Waals surface area contributed by atoms with Gasteiger partial charge in [-0.3, -0.25) is 4.79 Å². The fourth-order valence-electron chi connectivity index (χ4n) is 3.18. The molecule has 0 aliphatic carbocycles. The zero-order chi connectivity index (χ0) is 27.0. The molecule has 3 aromatic carbocycles. The molecular weight excluding hydrogens is 520 g/mol. The van der Waals surface area contributed by atoms with Crippen LogP contribution in [0, 0.1) is 6.92 Å². The number of rotatable bonds is 11. The van der Waals surface area contributed by atoms with Gasteiger partial charge in [0.1, 0.15) is 4.90 Å². The molecule has 37 heavy (non-hydrogen) atoms. The van der Waals surface area contributed by atoms with Gasteiger partial charge in [0.05, 0.1) is 31.6 Å². The molecule has 0 aromatic heterocycles. The van der Waals surface area contributed by atoms with Crippen molar-refractivity contribution in [2.45, 2.75) is 25.7 Å². The van der Waals surface area contributed by atoms with Crippen LogP contribution in [-0.4, -0.2) is 40.9 Å². The first-order valence-corrected chi connectivity index (χ1v) is 13.1. The molecular formula is C26H27ClN2O7S. The van der Waals surface area contributed by atoms with E-state index in [0.717, 1.165) is 5.56 Å². The second kappa shape index (κ2) is 12.5. The second-order valence-electron chi connectivity index (χ2n) is 7.61. The van der Waals surface area contributed by atoms with E-state index >= 15 is 0 Å². The third-order valence-corrected chi connectivity index (χ3v) is 6.46. The molecule has 3 aromatic rings. The first-order chi connectivity index (χ1) is 17.7. The summed E-state index contributed by atoms with van der Waals surface area (Å²) in [6, 6.07) is 13.9. The molecule has 0 aliphatic heterocycles. The summed E-state index contributed by atoms with van der Waals surface area (Å²) in [5.74, 6) is 0.428. The first kappa shape index (κ1) is 27.8. The number of nitrogens with zero attached hydrogens (tertiary/aromatic N) is 1. The van der Waals surface area contributed by atoms with Crippen LogP contribution in [0.1, 0.15) is 35.3 Å². The van der Waals surface area contributed by atoms with E-state index in [-0.39, 0.29) is 28.0 Å². The maximum absolute atomic E-state index is 12.8. The van der Waals surface area contributed by atoms with Crippen LogP contribution in [0.2, 0.25) is 5.02 Å². The van der Waals surface area contributed by atoms with Crippen molar-refractivity contribution in [3.8, 4) is 23.0 Å². The SMILES string of the molecule is CCOc1ccc(C(=O)N/N=C/c2cc(Cl)c(OS(=O)(=O)c3ccc(C)cc3)c(OCC)c2)cc1OC. The van der Waals surface area contributed by atoms with E-state index < -0.39 is 16.0 Å². The van der Waals surface area contributed by atoms with E-state index in [1.165, 1.54) is 37.6 Å². The van der Waals surface area contributed by atoms with Crippen molar-refractivity contribution in [3.63, 3.8) is 0 Å². The van der Waals surface area contributed by atoms with Gasteiger partial charge in [0, 0.05) is 5.56 Å². The predicted octanol–water partition coefficient (Wildman–Crippen LogP) is 4.99. The van der Waals surface area contributed by atoms with Crippen molar-refractivity contribution in [1.29, 1.82) is 0 Å². The van der Waals surface area contributed by atoms with Crippen LogP contribution < -0.4 is 23.8 Å². The van der Waals surface area contributed by atoms with Gasteiger partial charge in [-0.05, 0) is 68.8 Å². The molecule has 9 nitrogen and oxygen atoms in total. The van der Waals surface area contributed by atoms with Gasteiger partial charge < -0.3 is 18.4 Å². The topological polar surface area (TPSA) is 113 Å². The summed E-state index contributed by atoms with van der Waals surface area (Å²) >= 11 is 6.36. The third-order valence-electron chi connectivity index (χ3n) is 4.94. The second-order valence-corrected chi connectivity index (χ2v) is 9.56. The van der Waals surface area contributed by atoms with Crippen molar-refractivity contribution >= 4 is 33.8 Å². The highest BCUT2D eigenvalue weighted by Gasteiger charge is 2.22. The summed E-state index contributed by atoms with van der Waals surface area (Å²) in [7, 11) is -2.67. The lowest BCUT2D eigenvalue weighted by atomic mass is 10.2. The number of carbonyl (C=O) groups excluding carboxylic acids is 1. The van der Waals surface area contributed by atoms with Crippen molar-refractivity contribution in [2.24, 2.45) is 5.10 Å². The molecule has 1 amide bonds. The number of nitrogens with one attached hydrogen (secondary N) is 1. The Morgan fingerprint density at radius 1 is 0.973 bits per heavy atom. The van der Waals surface area contributed by atoms with Crippen LogP contribution in [0.25, 0.3) is 0 Å². The summed E-state index contributed by atoms with van der Waals surface area (Å²) in [6.45, 7) is 6.12. The zero-order valence-electron chi connectivity index (χ0n) is 20.8. The molecule has 0 fully saturated rings. The van der Waals surface area contributed by atoms with Crippen molar-refractivity contribution in [2.75, 3.05) is 20.3 Å². The molecule has 11 heteroatoms. The molecule has 0 atom stereocenters. The normalized spacial score (nSPS) is 11.3. The number of carbonyl (C=O) groups is 1. The monoisotopic (exact) mass is 546 g/mol. The van der Waals surface area contributed by atoms with Crippen molar-refractivity contribution in [1.82, 2.24) is 5.43 Å². The van der Waals surface area contributed by atoms with Crippen molar-refractivity contribution in [3.05, 3.63) is 76.3 Å². The van der Waals surface area contributed by atoms with E-state index in [2.05, 4.69) is 10.5 Å². The number of amides is 1. The van der Waals surface area contributed by atoms with Gasteiger partial charge in [0.2, 0.25) is 5.75 Å². The average molecular weight is 547 g/mol. The molecule has 0 unspecified atom stereocenters. The van der Waals surface area contributed by atoms with Gasteiger partial charge >= 0.3 is 10.1 Å². The van der Waals surface area contributed by atoms with Crippen LogP contribution in [0.15, 0.2) is 64.6 Å². The van der Waals surface area contributed by atoms with Gasteiger partial charge in [-0.25, -0.2) is 5.43 Å².